The van der Waals surface area contributed by atoms with Crippen molar-refractivity contribution in [2.24, 2.45) is 10.7 Å². The molecule has 0 amide bonds. The van der Waals surface area contributed by atoms with Crippen LogP contribution in [0.2, 0.25) is 0 Å². The highest BCUT2D eigenvalue weighted by molar-refractivity contribution is 14.0. The van der Waals surface area contributed by atoms with Crippen molar-refractivity contribution >= 4 is 29.9 Å². The first-order valence-electron chi connectivity index (χ1n) is 9.06. The molecule has 0 aromatic carbocycles. The van der Waals surface area contributed by atoms with Gasteiger partial charge in [-0.25, -0.2) is 0 Å². The van der Waals surface area contributed by atoms with Gasteiger partial charge in [-0.05, 0) is 45.6 Å². The van der Waals surface area contributed by atoms with Crippen molar-refractivity contribution in [1.29, 1.82) is 0 Å². The lowest BCUT2D eigenvalue weighted by molar-refractivity contribution is 0.160. The zero-order valence-electron chi connectivity index (χ0n) is 14.2. The van der Waals surface area contributed by atoms with Crippen LogP contribution in [0.4, 0.5) is 0 Å². The van der Waals surface area contributed by atoms with E-state index in [4.69, 9.17) is 5.73 Å². The SMILES string of the molecule is CC1CCCCN1CCCN=C(N)NC1CCCCCC1.I. The number of likely N-dealkylation sites (tertiary alicyclic amines) is 1. The highest BCUT2D eigenvalue weighted by Gasteiger charge is 2.17. The van der Waals surface area contributed by atoms with Crippen LogP contribution in [0.25, 0.3) is 0 Å². The molecule has 1 unspecified atom stereocenters. The number of nitrogens with one attached hydrogen (secondary N) is 1. The number of aliphatic imine (C=N–C) groups is 1. The van der Waals surface area contributed by atoms with Gasteiger partial charge in [0.25, 0.3) is 0 Å². The summed E-state index contributed by atoms with van der Waals surface area (Å²) in [4.78, 5) is 7.12. The van der Waals surface area contributed by atoms with Crippen molar-refractivity contribution in [3.05, 3.63) is 0 Å². The first kappa shape index (κ1) is 20.0. The van der Waals surface area contributed by atoms with Gasteiger partial charge in [0, 0.05) is 25.2 Å². The van der Waals surface area contributed by atoms with Crippen LogP contribution in [-0.4, -0.2) is 42.6 Å². The highest BCUT2D eigenvalue weighted by atomic mass is 127. The Morgan fingerprint density at radius 1 is 1.09 bits per heavy atom. The smallest absolute Gasteiger partial charge is 0.188 e. The number of hydrogen-bond acceptors (Lipinski definition) is 2. The molecule has 2 fully saturated rings. The molecule has 1 aliphatic carbocycles. The van der Waals surface area contributed by atoms with Crippen molar-refractivity contribution in [2.45, 2.75) is 83.2 Å². The van der Waals surface area contributed by atoms with Crippen molar-refractivity contribution in [2.75, 3.05) is 19.6 Å². The molecule has 1 heterocycles. The third kappa shape index (κ3) is 7.49. The molecule has 3 N–H and O–H groups in total. The maximum Gasteiger partial charge on any atom is 0.188 e. The van der Waals surface area contributed by atoms with E-state index in [0.29, 0.717) is 12.0 Å². The average molecular weight is 422 g/mol. The highest BCUT2D eigenvalue weighted by Crippen LogP contribution is 2.17. The fourth-order valence-corrected chi connectivity index (χ4v) is 3.64. The molecule has 2 aliphatic rings. The van der Waals surface area contributed by atoms with Crippen LogP contribution in [0.1, 0.15) is 71.1 Å². The topological polar surface area (TPSA) is 53.6 Å². The number of halogens is 1. The second-order valence-electron chi connectivity index (χ2n) is 6.83. The van der Waals surface area contributed by atoms with Gasteiger partial charge in [0.15, 0.2) is 5.96 Å². The van der Waals surface area contributed by atoms with Crippen molar-refractivity contribution in [1.82, 2.24) is 10.2 Å². The maximum atomic E-state index is 6.03. The lowest BCUT2D eigenvalue weighted by Gasteiger charge is -2.33. The molecule has 0 aromatic rings. The molecule has 130 valence electrons. The van der Waals surface area contributed by atoms with Gasteiger partial charge in [0.05, 0.1) is 0 Å². The second-order valence-corrected chi connectivity index (χ2v) is 6.83. The summed E-state index contributed by atoms with van der Waals surface area (Å²) in [5, 5.41) is 3.42. The first-order chi connectivity index (χ1) is 10.3. The van der Waals surface area contributed by atoms with Crippen LogP contribution in [0.5, 0.6) is 0 Å². The number of nitrogens with two attached hydrogens (primary N) is 1. The molecule has 0 spiro atoms. The summed E-state index contributed by atoms with van der Waals surface area (Å²) in [6.45, 7) is 5.64. The van der Waals surface area contributed by atoms with E-state index in [-0.39, 0.29) is 24.0 Å². The third-order valence-electron chi connectivity index (χ3n) is 5.03. The molecule has 4 nitrogen and oxygen atoms in total. The van der Waals surface area contributed by atoms with Gasteiger partial charge < -0.3 is 16.0 Å². The number of piperidine rings is 1. The minimum atomic E-state index is 0. The molecule has 2 rings (SSSR count). The van der Waals surface area contributed by atoms with Crippen LogP contribution in [-0.2, 0) is 0 Å². The Balaban J connectivity index is 0.00000242. The first-order valence-corrected chi connectivity index (χ1v) is 9.06. The van der Waals surface area contributed by atoms with E-state index in [0.717, 1.165) is 19.0 Å². The summed E-state index contributed by atoms with van der Waals surface area (Å²) in [5.41, 5.74) is 6.03. The normalized spacial score (nSPS) is 25.3. The minimum Gasteiger partial charge on any atom is -0.370 e. The molecule has 0 radical (unpaired) electrons. The number of hydrogen-bond donors (Lipinski definition) is 2. The predicted molar refractivity (Wildman–Crippen MR) is 106 cm³/mol. The molecular formula is C17H35IN4. The van der Waals surface area contributed by atoms with Gasteiger partial charge in [-0.2, -0.15) is 0 Å². The molecule has 0 aromatic heterocycles. The standard InChI is InChI=1S/C17H34N4.HI/c1-15-9-6-7-13-21(15)14-8-12-19-17(18)20-16-10-4-2-3-5-11-16;/h15-16H,2-14H2,1H3,(H3,18,19,20);1H. The van der Waals surface area contributed by atoms with Gasteiger partial charge in [0.1, 0.15) is 0 Å². The van der Waals surface area contributed by atoms with E-state index >= 15 is 0 Å². The van der Waals surface area contributed by atoms with E-state index in [1.807, 2.05) is 0 Å². The quantitative estimate of drug-likeness (QED) is 0.235. The Morgan fingerprint density at radius 3 is 2.45 bits per heavy atom. The number of guanidine groups is 1. The number of rotatable bonds is 5. The Kier molecular flexibility index (Phi) is 10.4. The van der Waals surface area contributed by atoms with E-state index in [2.05, 4.69) is 22.1 Å². The fraction of sp³-hybridized carbons (Fsp3) is 0.941. The van der Waals surface area contributed by atoms with E-state index in [9.17, 15) is 0 Å². The van der Waals surface area contributed by atoms with Crippen molar-refractivity contribution in [3.63, 3.8) is 0 Å². The lowest BCUT2D eigenvalue weighted by Crippen LogP contribution is -2.40. The van der Waals surface area contributed by atoms with Gasteiger partial charge in [-0.15, -0.1) is 24.0 Å². The van der Waals surface area contributed by atoms with E-state index < -0.39 is 0 Å². The molecule has 5 heteroatoms. The average Bonchev–Trinajstić information content (AvgIpc) is 2.74. The van der Waals surface area contributed by atoms with Gasteiger partial charge >= 0.3 is 0 Å². The van der Waals surface area contributed by atoms with Crippen LogP contribution < -0.4 is 11.1 Å². The molecule has 1 atom stereocenters. The Hall–Kier alpha value is -0.0400. The lowest BCUT2D eigenvalue weighted by atomic mass is 10.0. The van der Waals surface area contributed by atoms with Crippen LogP contribution in [0.15, 0.2) is 4.99 Å². The zero-order valence-corrected chi connectivity index (χ0v) is 16.6. The van der Waals surface area contributed by atoms with E-state index in [1.165, 1.54) is 70.9 Å². The summed E-state index contributed by atoms with van der Waals surface area (Å²) < 4.78 is 0. The van der Waals surface area contributed by atoms with Crippen molar-refractivity contribution in [3.8, 4) is 0 Å². The monoisotopic (exact) mass is 422 g/mol. The maximum absolute atomic E-state index is 6.03. The largest absolute Gasteiger partial charge is 0.370 e. The molecular weight excluding hydrogens is 387 g/mol. The molecule has 0 bridgehead atoms. The van der Waals surface area contributed by atoms with Gasteiger partial charge in [-0.1, -0.05) is 32.1 Å². The Morgan fingerprint density at radius 2 is 1.77 bits per heavy atom. The second kappa shape index (κ2) is 11.5. The summed E-state index contributed by atoms with van der Waals surface area (Å²) >= 11 is 0. The summed E-state index contributed by atoms with van der Waals surface area (Å²) in [5.74, 6) is 0.661. The fourth-order valence-electron chi connectivity index (χ4n) is 3.64. The summed E-state index contributed by atoms with van der Waals surface area (Å²) in [6.07, 6.45) is 13.2. The van der Waals surface area contributed by atoms with E-state index in [1.54, 1.807) is 0 Å². The van der Waals surface area contributed by atoms with Crippen molar-refractivity contribution < 1.29 is 0 Å². The van der Waals surface area contributed by atoms with Gasteiger partial charge in [0.2, 0.25) is 0 Å². The minimum absolute atomic E-state index is 0. The molecule has 1 saturated carbocycles. The summed E-state index contributed by atoms with van der Waals surface area (Å²) in [6, 6.07) is 1.31. The summed E-state index contributed by atoms with van der Waals surface area (Å²) in [7, 11) is 0. The predicted octanol–water partition coefficient (Wildman–Crippen LogP) is 3.50. The Labute approximate surface area is 153 Å². The van der Waals surface area contributed by atoms with Crippen LogP contribution in [0.3, 0.4) is 0 Å². The molecule has 1 saturated heterocycles. The third-order valence-corrected chi connectivity index (χ3v) is 5.03. The molecule has 1 aliphatic heterocycles. The number of nitrogens with zero attached hydrogens (tertiary/aromatic N) is 2. The molecule has 22 heavy (non-hydrogen) atoms. The van der Waals surface area contributed by atoms with Crippen LogP contribution >= 0.6 is 24.0 Å². The Bertz CT molecular complexity index is 314. The van der Waals surface area contributed by atoms with Crippen LogP contribution in [0, 0.1) is 0 Å². The zero-order chi connectivity index (χ0) is 14.9. The van der Waals surface area contributed by atoms with Gasteiger partial charge in [-0.3, -0.25) is 4.99 Å².